The second-order valence-corrected chi connectivity index (χ2v) is 3.80. The monoisotopic (exact) mass is 169 g/mol. The van der Waals surface area contributed by atoms with Crippen molar-refractivity contribution in [3.63, 3.8) is 0 Å². The molecule has 1 aliphatic carbocycles. The van der Waals surface area contributed by atoms with Gasteiger partial charge in [-0.15, -0.1) is 0 Å². The molecule has 2 atom stereocenters. The number of nitrogens with zero attached hydrogens (tertiary/aromatic N) is 2. The standard InChI is InChI=1S/C9H19N3/c1-7-5-8(7)6-11-9(10-2)12(3)4/h7-8H,5-6H2,1-4H3,(H,10,11). The van der Waals surface area contributed by atoms with Crippen LogP contribution in [0.5, 0.6) is 0 Å². The first-order valence-corrected chi connectivity index (χ1v) is 4.53. The van der Waals surface area contributed by atoms with Crippen LogP contribution in [0.1, 0.15) is 13.3 Å². The van der Waals surface area contributed by atoms with E-state index in [-0.39, 0.29) is 0 Å². The van der Waals surface area contributed by atoms with Gasteiger partial charge in [0.25, 0.3) is 0 Å². The summed E-state index contributed by atoms with van der Waals surface area (Å²) in [5.74, 6) is 2.77. The van der Waals surface area contributed by atoms with Gasteiger partial charge in [-0.05, 0) is 18.3 Å². The highest BCUT2D eigenvalue weighted by Crippen LogP contribution is 2.36. The number of rotatable bonds is 2. The molecule has 0 bridgehead atoms. The summed E-state index contributed by atoms with van der Waals surface area (Å²) in [6.07, 6.45) is 1.37. The fraction of sp³-hybridized carbons (Fsp3) is 0.889. The van der Waals surface area contributed by atoms with Gasteiger partial charge in [-0.2, -0.15) is 0 Å². The van der Waals surface area contributed by atoms with Gasteiger partial charge in [-0.3, -0.25) is 4.99 Å². The first kappa shape index (κ1) is 9.36. The zero-order chi connectivity index (χ0) is 9.14. The van der Waals surface area contributed by atoms with Crippen LogP contribution in [-0.4, -0.2) is 38.5 Å². The Hall–Kier alpha value is -0.730. The maximum atomic E-state index is 4.14. The van der Waals surface area contributed by atoms with E-state index in [1.807, 2.05) is 26.0 Å². The molecule has 12 heavy (non-hydrogen) atoms. The van der Waals surface area contributed by atoms with Gasteiger partial charge in [0.05, 0.1) is 0 Å². The van der Waals surface area contributed by atoms with Crippen LogP contribution < -0.4 is 5.32 Å². The number of guanidine groups is 1. The van der Waals surface area contributed by atoms with Crippen LogP contribution in [0.15, 0.2) is 4.99 Å². The fourth-order valence-electron chi connectivity index (χ4n) is 1.34. The molecule has 0 aliphatic heterocycles. The van der Waals surface area contributed by atoms with E-state index in [9.17, 15) is 0 Å². The molecule has 3 heteroatoms. The maximum absolute atomic E-state index is 4.14. The van der Waals surface area contributed by atoms with Gasteiger partial charge in [0, 0.05) is 27.7 Å². The van der Waals surface area contributed by atoms with E-state index < -0.39 is 0 Å². The van der Waals surface area contributed by atoms with E-state index in [4.69, 9.17) is 0 Å². The van der Waals surface area contributed by atoms with Gasteiger partial charge in [0.1, 0.15) is 0 Å². The number of hydrogen-bond donors (Lipinski definition) is 1. The fourth-order valence-corrected chi connectivity index (χ4v) is 1.34. The zero-order valence-corrected chi connectivity index (χ0v) is 8.46. The second-order valence-electron chi connectivity index (χ2n) is 3.80. The Labute approximate surface area is 74.9 Å². The van der Waals surface area contributed by atoms with E-state index >= 15 is 0 Å². The van der Waals surface area contributed by atoms with E-state index in [0.29, 0.717) is 0 Å². The molecule has 3 nitrogen and oxygen atoms in total. The Balaban J connectivity index is 2.20. The third kappa shape index (κ3) is 2.40. The average molecular weight is 169 g/mol. The largest absolute Gasteiger partial charge is 0.356 e. The molecule has 0 heterocycles. The summed E-state index contributed by atoms with van der Waals surface area (Å²) < 4.78 is 0. The van der Waals surface area contributed by atoms with E-state index in [0.717, 1.165) is 24.3 Å². The molecule has 70 valence electrons. The van der Waals surface area contributed by atoms with E-state index in [2.05, 4.69) is 17.2 Å². The molecule has 0 aromatic carbocycles. The summed E-state index contributed by atoms with van der Waals surface area (Å²) in [7, 11) is 5.83. The van der Waals surface area contributed by atoms with Crippen molar-refractivity contribution < 1.29 is 0 Å². The number of nitrogens with one attached hydrogen (secondary N) is 1. The number of aliphatic imine (C=N–C) groups is 1. The van der Waals surface area contributed by atoms with Crippen molar-refractivity contribution >= 4 is 5.96 Å². The van der Waals surface area contributed by atoms with Crippen molar-refractivity contribution in [3.8, 4) is 0 Å². The smallest absolute Gasteiger partial charge is 0.193 e. The first-order valence-electron chi connectivity index (χ1n) is 4.53. The Morgan fingerprint density at radius 2 is 2.17 bits per heavy atom. The van der Waals surface area contributed by atoms with Gasteiger partial charge in [0.15, 0.2) is 5.96 Å². The quantitative estimate of drug-likeness (QED) is 0.488. The highest BCUT2D eigenvalue weighted by molar-refractivity contribution is 5.79. The van der Waals surface area contributed by atoms with Crippen molar-refractivity contribution in [1.82, 2.24) is 10.2 Å². The predicted octanol–water partition coefficient (Wildman–Crippen LogP) is 0.779. The van der Waals surface area contributed by atoms with Crippen LogP contribution in [0.4, 0.5) is 0 Å². The molecule has 1 rings (SSSR count). The molecule has 1 N–H and O–H groups in total. The zero-order valence-electron chi connectivity index (χ0n) is 8.46. The van der Waals surface area contributed by atoms with Crippen LogP contribution in [0.2, 0.25) is 0 Å². The molecular formula is C9H19N3. The maximum Gasteiger partial charge on any atom is 0.193 e. The normalized spacial score (nSPS) is 28.5. The first-order chi connectivity index (χ1) is 5.65. The highest BCUT2D eigenvalue weighted by Gasteiger charge is 2.32. The summed E-state index contributed by atoms with van der Waals surface area (Å²) in [5.41, 5.74) is 0. The van der Waals surface area contributed by atoms with Gasteiger partial charge >= 0.3 is 0 Å². The molecule has 0 radical (unpaired) electrons. The van der Waals surface area contributed by atoms with Crippen molar-refractivity contribution in [2.45, 2.75) is 13.3 Å². The summed E-state index contributed by atoms with van der Waals surface area (Å²) in [6.45, 7) is 3.37. The average Bonchev–Trinajstić information content (AvgIpc) is 2.67. The molecule has 0 aromatic rings. The Kier molecular flexibility index (Phi) is 2.95. The lowest BCUT2D eigenvalue weighted by molar-refractivity contribution is 0.570. The molecule has 0 aromatic heterocycles. The van der Waals surface area contributed by atoms with Crippen LogP contribution >= 0.6 is 0 Å². The Morgan fingerprint density at radius 3 is 2.50 bits per heavy atom. The van der Waals surface area contributed by atoms with Crippen molar-refractivity contribution in [1.29, 1.82) is 0 Å². The van der Waals surface area contributed by atoms with Crippen LogP contribution in [0.3, 0.4) is 0 Å². The summed E-state index contributed by atoms with van der Waals surface area (Å²) in [6, 6.07) is 0. The molecule has 2 unspecified atom stereocenters. The Morgan fingerprint density at radius 1 is 1.58 bits per heavy atom. The third-order valence-electron chi connectivity index (χ3n) is 2.43. The van der Waals surface area contributed by atoms with Crippen LogP contribution in [0.25, 0.3) is 0 Å². The molecule has 0 spiro atoms. The third-order valence-corrected chi connectivity index (χ3v) is 2.43. The van der Waals surface area contributed by atoms with Gasteiger partial charge in [-0.1, -0.05) is 6.92 Å². The molecular weight excluding hydrogens is 150 g/mol. The second kappa shape index (κ2) is 3.78. The lowest BCUT2D eigenvalue weighted by Crippen LogP contribution is -2.37. The summed E-state index contributed by atoms with van der Waals surface area (Å²) in [5, 5.41) is 3.34. The molecule has 0 amide bonds. The minimum absolute atomic E-state index is 0.877. The minimum Gasteiger partial charge on any atom is -0.356 e. The summed E-state index contributed by atoms with van der Waals surface area (Å²) in [4.78, 5) is 6.15. The topological polar surface area (TPSA) is 27.6 Å². The summed E-state index contributed by atoms with van der Waals surface area (Å²) >= 11 is 0. The SMILES string of the molecule is CN=C(NCC1CC1C)N(C)C. The van der Waals surface area contributed by atoms with Crippen LogP contribution in [0, 0.1) is 11.8 Å². The molecule has 1 fully saturated rings. The lowest BCUT2D eigenvalue weighted by atomic mass is 10.3. The van der Waals surface area contributed by atoms with Crippen molar-refractivity contribution in [2.24, 2.45) is 16.8 Å². The van der Waals surface area contributed by atoms with Gasteiger partial charge in [-0.25, -0.2) is 0 Å². The highest BCUT2D eigenvalue weighted by atomic mass is 15.3. The predicted molar refractivity (Wildman–Crippen MR) is 52.3 cm³/mol. The van der Waals surface area contributed by atoms with Gasteiger partial charge < -0.3 is 10.2 Å². The van der Waals surface area contributed by atoms with Crippen molar-refractivity contribution in [3.05, 3.63) is 0 Å². The lowest BCUT2D eigenvalue weighted by Gasteiger charge is -2.16. The molecule has 0 saturated heterocycles. The van der Waals surface area contributed by atoms with Crippen LogP contribution in [-0.2, 0) is 0 Å². The van der Waals surface area contributed by atoms with Gasteiger partial charge in [0.2, 0.25) is 0 Å². The number of hydrogen-bond acceptors (Lipinski definition) is 1. The minimum atomic E-state index is 0.877. The van der Waals surface area contributed by atoms with E-state index in [1.165, 1.54) is 6.42 Å². The molecule has 1 saturated carbocycles. The Bertz CT molecular complexity index is 175. The molecule has 1 aliphatic rings. The van der Waals surface area contributed by atoms with E-state index in [1.54, 1.807) is 0 Å². The van der Waals surface area contributed by atoms with Crippen molar-refractivity contribution in [2.75, 3.05) is 27.7 Å².